The second kappa shape index (κ2) is 10.5. The van der Waals surface area contributed by atoms with Crippen LogP contribution in [0.5, 0.6) is 0 Å². The monoisotopic (exact) mass is 541 g/mol. The van der Waals surface area contributed by atoms with Crippen molar-refractivity contribution in [1.29, 1.82) is 0 Å². The van der Waals surface area contributed by atoms with Crippen molar-refractivity contribution in [1.82, 2.24) is 29.5 Å². The van der Waals surface area contributed by atoms with Crippen molar-refractivity contribution in [3.63, 3.8) is 0 Å². The minimum Gasteiger partial charge on any atom is -0.390 e. The van der Waals surface area contributed by atoms with E-state index in [1.54, 1.807) is 0 Å². The summed E-state index contributed by atoms with van der Waals surface area (Å²) in [5, 5.41) is 17.4. The van der Waals surface area contributed by atoms with E-state index in [1.807, 2.05) is 4.72 Å². The molecule has 1 saturated carbocycles. The number of hydrogen-bond donors (Lipinski definition) is 3. The van der Waals surface area contributed by atoms with Gasteiger partial charge >= 0.3 is 16.5 Å². The highest BCUT2D eigenvalue weighted by molar-refractivity contribution is 7.84. The second-order valence-electron chi connectivity index (χ2n) is 8.20. The average Bonchev–Trinajstić information content (AvgIpc) is 3.44. The zero-order valence-corrected chi connectivity index (χ0v) is 20.1. The zero-order chi connectivity index (χ0) is 26.8. The first-order valence-electron chi connectivity index (χ1n) is 10.9. The maximum absolute atomic E-state index is 13.1. The third-order valence-electron chi connectivity index (χ3n) is 5.56. The molecule has 1 aliphatic rings. The fraction of sp³-hybridized carbons (Fsp3) is 0.381. The summed E-state index contributed by atoms with van der Waals surface area (Å²) < 4.78 is 70.3. The van der Waals surface area contributed by atoms with Gasteiger partial charge in [0.25, 0.3) is 0 Å². The van der Waals surface area contributed by atoms with Gasteiger partial charge in [-0.1, -0.05) is 6.07 Å². The van der Waals surface area contributed by atoms with E-state index in [-0.39, 0.29) is 42.2 Å². The minimum atomic E-state index is -4.58. The Kier molecular flexibility index (Phi) is 7.54. The highest BCUT2D eigenvalue weighted by atomic mass is 32.2. The lowest BCUT2D eigenvalue weighted by Crippen LogP contribution is -2.31. The first kappa shape index (κ1) is 26.6. The molecule has 0 spiro atoms. The smallest absolute Gasteiger partial charge is 0.390 e. The quantitative estimate of drug-likeness (QED) is 0.335. The second-order valence-corrected chi connectivity index (χ2v) is 9.71. The van der Waals surface area contributed by atoms with Gasteiger partial charge in [-0.15, -0.1) is 0 Å². The number of aromatic nitrogens is 5. The molecule has 0 aliphatic heterocycles. The summed E-state index contributed by atoms with van der Waals surface area (Å²) in [5.74, 6) is -0.411. The number of anilines is 1. The third-order valence-corrected chi connectivity index (χ3v) is 6.57. The van der Waals surface area contributed by atoms with Crippen molar-refractivity contribution in [3.05, 3.63) is 65.6 Å². The Morgan fingerprint density at radius 3 is 2.78 bits per heavy atom. The van der Waals surface area contributed by atoms with Gasteiger partial charge in [-0.2, -0.15) is 31.4 Å². The number of nitrogens with one attached hydrogen (secondary N) is 2. The summed E-state index contributed by atoms with van der Waals surface area (Å²) in [4.78, 5) is 24.7. The average molecular weight is 542 g/mol. The molecule has 1 fully saturated rings. The number of nitrogens with zero attached hydrogens (tertiary/aromatic N) is 5. The van der Waals surface area contributed by atoms with E-state index in [9.17, 15) is 31.5 Å². The van der Waals surface area contributed by atoms with E-state index in [1.165, 1.54) is 48.6 Å². The molecule has 3 aromatic heterocycles. The number of aliphatic hydroxyl groups is 1. The summed E-state index contributed by atoms with van der Waals surface area (Å²) in [7, 11) is -2.82. The Morgan fingerprint density at radius 2 is 2.05 bits per heavy atom. The molecule has 37 heavy (non-hydrogen) atoms. The molecule has 3 aromatic rings. The van der Waals surface area contributed by atoms with Crippen LogP contribution in [-0.4, -0.2) is 69.3 Å². The maximum Gasteiger partial charge on any atom is 0.433 e. The standard InChI is InChI=1S/C21H22F3N7O5S/c1-25-37(34,35)36-17-8-13(7-16(17)32)29-20-14(9-26-11-27-20)19(33)15-5-6-31(30-15)10-12-3-2-4-18(28-12)21(22,23)24/h2-6,9,11,13,16-17,25,32H,7-8,10H2,1H3,(H,26,27,29)/t13-,16+,17-/m1/s1. The molecule has 3 heterocycles. The number of rotatable bonds is 9. The molecular weight excluding hydrogens is 519 g/mol. The SMILES string of the molecule is CNS(=O)(=O)O[C@@H]1C[C@H](Nc2ncncc2C(=O)c2ccn(Cc3cccc(C(F)(F)F)n3)n2)C[C@@H]1O. The van der Waals surface area contributed by atoms with E-state index in [0.29, 0.717) is 0 Å². The summed E-state index contributed by atoms with van der Waals surface area (Å²) in [6.07, 6.45) is -2.46. The lowest BCUT2D eigenvalue weighted by atomic mass is 10.1. The minimum absolute atomic E-state index is 0.00222. The van der Waals surface area contributed by atoms with Crippen LogP contribution in [0, 0.1) is 0 Å². The number of carbonyl (C=O) groups is 1. The Labute approximate surface area is 209 Å². The van der Waals surface area contributed by atoms with Crippen molar-refractivity contribution in [2.24, 2.45) is 0 Å². The first-order valence-corrected chi connectivity index (χ1v) is 12.3. The van der Waals surface area contributed by atoms with Crippen LogP contribution in [-0.2, 0) is 27.2 Å². The van der Waals surface area contributed by atoms with Gasteiger partial charge in [0.05, 0.1) is 23.9 Å². The number of carbonyl (C=O) groups excluding carboxylic acids is 1. The van der Waals surface area contributed by atoms with Gasteiger partial charge in [-0.3, -0.25) is 13.7 Å². The molecule has 198 valence electrons. The van der Waals surface area contributed by atoms with Gasteiger partial charge in [0.2, 0.25) is 5.78 Å². The molecule has 1 aliphatic carbocycles. The highest BCUT2D eigenvalue weighted by Crippen LogP contribution is 2.29. The van der Waals surface area contributed by atoms with E-state index in [2.05, 4.69) is 25.4 Å². The van der Waals surface area contributed by atoms with Crippen LogP contribution in [0.2, 0.25) is 0 Å². The molecule has 12 nitrogen and oxygen atoms in total. The van der Waals surface area contributed by atoms with Crippen molar-refractivity contribution in [2.45, 2.75) is 43.8 Å². The van der Waals surface area contributed by atoms with E-state index in [0.717, 1.165) is 6.07 Å². The fourth-order valence-electron chi connectivity index (χ4n) is 3.81. The Balaban J connectivity index is 1.46. The normalized spacial score (nSPS) is 20.2. The van der Waals surface area contributed by atoms with E-state index >= 15 is 0 Å². The number of aliphatic hydroxyl groups excluding tert-OH is 1. The maximum atomic E-state index is 13.1. The summed E-state index contributed by atoms with van der Waals surface area (Å²) in [5.41, 5.74) is -0.859. The van der Waals surface area contributed by atoms with Crippen LogP contribution in [0.4, 0.5) is 19.0 Å². The van der Waals surface area contributed by atoms with Crippen LogP contribution in [0.25, 0.3) is 0 Å². The van der Waals surface area contributed by atoms with Crippen LogP contribution in [0.15, 0.2) is 43.0 Å². The Morgan fingerprint density at radius 1 is 1.27 bits per heavy atom. The van der Waals surface area contributed by atoms with Crippen LogP contribution < -0.4 is 10.0 Å². The van der Waals surface area contributed by atoms with Crippen molar-refractivity contribution >= 4 is 21.9 Å². The van der Waals surface area contributed by atoms with E-state index in [4.69, 9.17) is 4.18 Å². The van der Waals surface area contributed by atoms with Gasteiger partial charge in [-0.25, -0.2) is 15.0 Å². The molecule has 4 rings (SSSR count). The molecule has 3 atom stereocenters. The molecule has 0 radical (unpaired) electrons. The van der Waals surface area contributed by atoms with Crippen molar-refractivity contribution in [3.8, 4) is 0 Å². The summed E-state index contributed by atoms with van der Waals surface area (Å²) in [6.45, 7) is -0.0928. The van der Waals surface area contributed by atoms with Crippen LogP contribution >= 0.6 is 0 Å². The lowest BCUT2D eigenvalue weighted by Gasteiger charge is -2.15. The van der Waals surface area contributed by atoms with Gasteiger partial charge in [0.15, 0.2) is 0 Å². The Hall–Kier alpha value is -3.47. The van der Waals surface area contributed by atoms with Crippen molar-refractivity contribution < 1.29 is 35.7 Å². The third kappa shape index (κ3) is 6.46. The molecular formula is C21H22F3N7O5S. The van der Waals surface area contributed by atoms with Crippen molar-refractivity contribution in [2.75, 3.05) is 12.4 Å². The van der Waals surface area contributed by atoms with Gasteiger partial charge in [0, 0.05) is 25.5 Å². The molecule has 3 N–H and O–H groups in total. The number of ketones is 1. The largest absolute Gasteiger partial charge is 0.433 e. The molecule has 0 aromatic carbocycles. The highest BCUT2D eigenvalue weighted by Gasteiger charge is 2.37. The van der Waals surface area contributed by atoms with Gasteiger partial charge in [-0.05, 0) is 31.0 Å². The predicted octanol–water partition coefficient (Wildman–Crippen LogP) is 1.15. The number of pyridine rings is 1. The molecule has 16 heteroatoms. The molecule has 0 saturated heterocycles. The number of halogens is 3. The molecule has 0 bridgehead atoms. The predicted molar refractivity (Wildman–Crippen MR) is 122 cm³/mol. The first-order chi connectivity index (χ1) is 17.4. The number of hydrogen-bond acceptors (Lipinski definition) is 10. The number of alkyl halides is 3. The fourth-order valence-corrected chi connectivity index (χ4v) is 4.44. The van der Waals surface area contributed by atoms with E-state index < -0.39 is 46.2 Å². The van der Waals surface area contributed by atoms with Gasteiger partial charge in [0.1, 0.15) is 29.6 Å². The van der Waals surface area contributed by atoms with Gasteiger partial charge < -0.3 is 10.4 Å². The summed E-state index contributed by atoms with van der Waals surface area (Å²) in [6, 6.07) is 4.46. The van der Waals surface area contributed by atoms with Crippen LogP contribution in [0.1, 0.15) is 40.3 Å². The zero-order valence-electron chi connectivity index (χ0n) is 19.3. The van der Waals surface area contributed by atoms with Crippen LogP contribution in [0.3, 0.4) is 0 Å². The molecule has 0 amide bonds. The molecule has 0 unspecified atom stereocenters. The Bertz CT molecular complexity index is 1380. The summed E-state index contributed by atoms with van der Waals surface area (Å²) >= 11 is 0. The topological polar surface area (TPSA) is 161 Å². The lowest BCUT2D eigenvalue weighted by molar-refractivity contribution is -0.141.